The molecule has 0 atom stereocenters. The fourth-order valence-corrected chi connectivity index (χ4v) is 1.64. The molecule has 0 aromatic carbocycles. The number of carbonyl (C=O) groups is 1. The number of imidazole rings is 1. The molecule has 1 aromatic rings. The second kappa shape index (κ2) is 5.73. The van der Waals surface area contributed by atoms with Gasteiger partial charge in [0.1, 0.15) is 12.1 Å². The summed E-state index contributed by atoms with van der Waals surface area (Å²) in [5, 5.41) is 0. The van der Waals surface area contributed by atoms with Crippen LogP contribution in [0.15, 0.2) is 23.5 Å². The number of nitrogens with zero attached hydrogens (tertiary/aromatic N) is 1. The zero-order valence-corrected chi connectivity index (χ0v) is 11.8. The Balaban J connectivity index is 3.01. The Morgan fingerprint density at radius 1 is 1.47 bits per heavy atom. The smallest absolute Gasteiger partial charge is 0.326 e. The maximum atomic E-state index is 11.8. The molecular weight excluding hydrogens is 244 g/mol. The van der Waals surface area contributed by atoms with Crippen molar-refractivity contribution in [2.24, 2.45) is 0 Å². The van der Waals surface area contributed by atoms with Crippen LogP contribution in [0.1, 0.15) is 32.2 Å². The molecule has 0 aliphatic rings. The zero-order valence-electron chi connectivity index (χ0n) is 11.8. The molecule has 0 bridgehead atoms. The number of aryl methyl sites for hydroxylation is 1. The summed E-state index contributed by atoms with van der Waals surface area (Å²) in [5.74, 6) is -0.443. The summed E-state index contributed by atoms with van der Waals surface area (Å²) >= 11 is 0. The van der Waals surface area contributed by atoms with Gasteiger partial charge in [-0.25, -0.2) is 4.79 Å². The van der Waals surface area contributed by atoms with Crippen molar-refractivity contribution in [1.29, 1.82) is 0 Å². The van der Waals surface area contributed by atoms with Crippen molar-refractivity contribution in [3.63, 3.8) is 0 Å². The molecule has 1 heterocycles. The molecular formula is C14H20N2O3. The van der Waals surface area contributed by atoms with Crippen LogP contribution in [0.4, 0.5) is 0 Å². The summed E-state index contributed by atoms with van der Waals surface area (Å²) < 4.78 is 6.56. The molecule has 0 amide bonds. The normalized spacial score (nSPS) is 11.8. The Kier molecular flexibility index (Phi) is 4.53. The molecule has 0 saturated heterocycles. The van der Waals surface area contributed by atoms with E-state index in [4.69, 9.17) is 4.74 Å². The van der Waals surface area contributed by atoms with E-state index in [1.165, 1.54) is 4.57 Å². The van der Waals surface area contributed by atoms with Gasteiger partial charge in [0.15, 0.2) is 0 Å². The minimum absolute atomic E-state index is 0.114. The number of ether oxygens (including phenoxy) is 1. The van der Waals surface area contributed by atoms with Gasteiger partial charge < -0.3 is 9.72 Å². The second-order valence-corrected chi connectivity index (χ2v) is 5.21. The summed E-state index contributed by atoms with van der Waals surface area (Å²) in [6.45, 7) is 10.6. The van der Waals surface area contributed by atoms with Crippen LogP contribution in [0.25, 0.3) is 6.08 Å². The fraction of sp³-hybridized carbons (Fsp3) is 0.429. The highest BCUT2D eigenvalue weighted by Crippen LogP contribution is 2.10. The third-order valence-corrected chi connectivity index (χ3v) is 2.31. The lowest BCUT2D eigenvalue weighted by Gasteiger charge is -2.19. The maximum Gasteiger partial charge on any atom is 0.326 e. The van der Waals surface area contributed by atoms with E-state index in [9.17, 15) is 9.59 Å². The first kappa shape index (κ1) is 15.0. The highest BCUT2D eigenvalue weighted by Gasteiger charge is 2.19. The molecule has 0 radical (unpaired) electrons. The van der Waals surface area contributed by atoms with Crippen molar-refractivity contribution in [1.82, 2.24) is 9.55 Å². The molecule has 0 saturated carbocycles. The van der Waals surface area contributed by atoms with Gasteiger partial charge in [-0.15, -0.1) is 0 Å². The first-order valence-corrected chi connectivity index (χ1v) is 6.05. The van der Waals surface area contributed by atoms with Crippen LogP contribution in [0.2, 0.25) is 0 Å². The minimum Gasteiger partial charge on any atom is -0.459 e. The first-order valence-electron chi connectivity index (χ1n) is 6.05. The summed E-state index contributed by atoms with van der Waals surface area (Å²) in [6.07, 6.45) is 5.04. The van der Waals surface area contributed by atoms with E-state index in [1.54, 1.807) is 45.9 Å². The van der Waals surface area contributed by atoms with E-state index in [0.29, 0.717) is 11.4 Å². The van der Waals surface area contributed by atoms with Gasteiger partial charge in [-0.05, 0) is 33.8 Å². The third kappa shape index (κ3) is 4.28. The summed E-state index contributed by atoms with van der Waals surface area (Å²) in [7, 11) is 0. The van der Waals surface area contributed by atoms with E-state index in [-0.39, 0.29) is 12.2 Å². The van der Waals surface area contributed by atoms with E-state index in [1.807, 2.05) is 0 Å². The molecule has 0 unspecified atom stereocenters. The number of nitrogens with one attached hydrogen (secondary N) is 1. The Morgan fingerprint density at radius 3 is 2.63 bits per heavy atom. The van der Waals surface area contributed by atoms with Crippen molar-refractivity contribution >= 4 is 12.0 Å². The standard InChI is InChI=1S/C14H20N2O3/c1-6-7-8-11-10(2)15-13(18)16(11)9-12(17)19-14(3,4)5/h6-8H,1,9H2,2-5H3,(H,15,18)/b8-7-. The molecule has 0 fully saturated rings. The monoisotopic (exact) mass is 264 g/mol. The van der Waals surface area contributed by atoms with E-state index >= 15 is 0 Å². The first-order chi connectivity index (χ1) is 8.74. The van der Waals surface area contributed by atoms with Crippen molar-refractivity contribution in [2.75, 3.05) is 0 Å². The molecule has 1 rings (SSSR count). The molecule has 0 aliphatic heterocycles. The minimum atomic E-state index is -0.566. The lowest BCUT2D eigenvalue weighted by molar-refractivity contribution is -0.155. The number of hydrogen-bond acceptors (Lipinski definition) is 3. The molecule has 0 aliphatic carbocycles. The predicted molar refractivity (Wildman–Crippen MR) is 74.9 cm³/mol. The van der Waals surface area contributed by atoms with Crippen LogP contribution in [0.5, 0.6) is 0 Å². The Bertz CT molecular complexity index is 556. The predicted octanol–water partition coefficient (Wildman–Crippen LogP) is 2.03. The number of aromatic nitrogens is 2. The van der Waals surface area contributed by atoms with Crippen molar-refractivity contribution in [3.05, 3.63) is 40.6 Å². The molecule has 1 N–H and O–H groups in total. The zero-order chi connectivity index (χ0) is 14.6. The lowest BCUT2D eigenvalue weighted by atomic mass is 10.2. The van der Waals surface area contributed by atoms with Gasteiger partial charge in [-0.3, -0.25) is 9.36 Å². The summed E-state index contributed by atoms with van der Waals surface area (Å²) in [4.78, 5) is 26.2. The van der Waals surface area contributed by atoms with Gasteiger partial charge in [0.25, 0.3) is 0 Å². The van der Waals surface area contributed by atoms with E-state index in [2.05, 4.69) is 11.6 Å². The maximum absolute atomic E-state index is 11.8. The summed E-state index contributed by atoms with van der Waals surface area (Å²) in [5.41, 5.74) is 0.456. The average molecular weight is 264 g/mol. The molecule has 0 spiro atoms. The van der Waals surface area contributed by atoms with E-state index < -0.39 is 11.6 Å². The van der Waals surface area contributed by atoms with Crippen molar-refractivity contribution in [2.45, 2.75) is 39.8 Å². The average Bonchev–Trinajstić information content (AvgIpc) is 2.49. The van der Waals surface area contributed by atoms with Gasteiger partial charge in [0.2, 0.25) is 0 Å². The number of allylic oxidation sites excluding steroid dienone is 2. The number of esters is 1. The quantitative estimate of drug-likeness (QED) is 0.668. The molecule has 5 nitrogen and oxygen atoms in total. The third-order valence-electron chi connectivity index (χ3n) is 2.31. The molecule has 104 valence electrons. The van der Waals surface area contributed by atoms with Crippen LogP contribution in [-0.4, -0.2) is 21.1 Å². The number of hydrogen-bond donors (Lipinski definition) is 1. The van der Waals surface area contributed by atoms with Gasteiger partial charge in [-0.1, -0.05) is 18.7 Å². The largest absolute Gasteiger partial charge is 0.459 e. The second-order valence-electron chi connectivity index (χ2n) is 5.21. The van der Waals surface area contributed by atoms with Crippen LogP contribution < -0.4 is 5.69 Å². The number of aromatic amines is 1. The van der Waals surface area contributed by atoms with Gasteiger partial charge in [-0.2, -0.15) is 0 Å². The van der Waals surface area contributed by atoms with Crippen molar-refractivity contribution in [3.8, 4) is 0 Å². The van der Waals surface area contributed by atoms with Crippen LogP contribution in [-0.2, 0) is 16.1 Å². The molecule has 1 aromatic heterocycles. The Hall–Kier alpha value is -2.04. The van der Waals surface area contributed by atoms with Gasteiger partial charge in [0, 0.05) is 5.69 Å². The number of H-pyrrole nitrogens is 1. The van der Waals surface area contributed by atoms with Gasteiger partial charge >= 0.3 is 11.7 Å². The topological polar surface area (TPSA) is 64.1 Å². The van der Waals surface area contributed by atoms with Crippen molar-refractivity contribution < 1.29 is 9.53 Å². The van der Waals surface area contributed by atoms with Crippen LogP contribution in [0, 0.1) is 6.92 Å². The lowest BCUT2D eigenvalue weighted by Crippen LogP contribution is -2.30. The highest BCUT2D eigenvalue weighted by molar-refractivity contribution is 5.70. The van der Waals surface area contributed by atoms with Crippen LogP contribution in [0.3, 0.4) is 0 Å². The Labute approximate surface area is 112 Å². The SMILES string of the molecule is C=C/C=C\c1c(C)[nH]c(=O)n1CC(=O)OC(C)(C)C. The molecule has 5 heteroatoms. The highest BCUT2D eigenvalue weighted by atomic mass is 16.6. The van der Waals surface area contributed by atoms with Gasteiger partial charge in [0.05, 0.1) is 5.69 Å². The number of rotatable bonds is 4. The van der Waals surface area contributed by atoms with Crippen LogP contribution >= 0.6 is 0 Å². The fourth-order valence-electron chi connectivity index (χ4n) is 1.64. The molecule has 19 heavy (non-hydrogen) atoms. The summed E-state index contributed by atoms with van der Waals surface area (Å²) in [6, 6.07) is 0. The number of carbonyl (C=O) groups excluding carboxylic acids is 1. The Morgan fingerprint density at radius 2 is 2.11 bits per heavy atom. The van der Waals surface area contributed by atoms with E-state index in [0.717, 1.165) is 0 Å².